The van der Waals surface area contributed by atoms with Gasteiger partial charge >= 0.3 is 11.9 Å². The topological polar surface area (TPSA) is 105 Å². The van der Waals surface area contributed by atoms with Crippen LogP contribution in [0.15, 0.2) is 0 Å². The Kier molecular flexibility index (Phi) is 12.9. The van der Waals surface area contributed by atoms with Crippen molar-refractivity contribution in [3.05, 3.63) is 0 Å². The maximum Gasteiger partial charge on any atom is 0.308 e. The molecular formula is C14H28Cl2N2O4. The van der Waals surface area contributed by atoms with Crippen molar-refractivity contribution >= 4 is 36.8 Å². The number of rotatable bonds is 2. The Hall–Kier alpha value is -0.560. The lowest BCUT2D eigenvalue weighted by atomic mass is 10.1. The highest BCUT2D eigenvalue weighted by molar-refractivity contribution is 5.85. The first-order valence-electron chi connectivity index (χ1n) is 7.14. The molecule has 2 saturated carbocycles. The van der Waals surface area contributed by atoms with Crippen LogP contribution in [-0.2, 0) is 19.1 Å². The standard InChI is InChI=1S/2C7H13NO2.2ClH/c2*1-10-7(9)5-2-3-6(8)4-5;;/h2*5-6H,2-4,8H2,1H3;2*1H/t2*5-,6+;;/m10../s1. The summed E-state index contributed by atoms with van der Waals surface area (Å²) in [5.74, 6) is -0.0686. The summed E-state index contributed by atoms with van der Waals surface area (Å²) in [5, 5.41) is 0. The number of ether oxygens (including phenoxy) is 2. The molecule has 0 bridgehead atoms. The molecule has 0 saturated heterocycles. The van der Waals surface area contributed by atoms with Crippen molar-refractivity contribution in [2.45, 2.75) is 50.6 Å². The number of halogens is 2. The first kappa shape index (κ1) is 23.7. The van der Waals surface area contributed by atoms with E-state index in [-0.39, 0.29) is 60.7 Å². The van der Waals surface area contributed by atoms with Crippen LogP contribution in [0.5, 0.6) is 0 Å². The number of hydrogen-bond donors (Lipinski definition) is 2. The first-order valence-corrected chi connectivity index (χ1v) is 7.14. The highest BCUT2D eigenvalue weighted by atomic mass is 35.5. The Bertz CT molecular complexity index is 313. The molecule has 6 nitrogen and oxygen atoms in total. The minimum Gasteiger partial charge on any atom is -0.469 e. The maximum atomic E-state index is 10.9. The number of esters is 2. The van der Waals surface area contributed by atoms with E-state index in [4.69, 9.17) is 11.5 Å². The minimum atomic E-state index is -0.104. The molecule has 22 heavy (non-hydrogen) atoms. The fourth-order valence-electron chi connectivity index (χ4n) is 2.79. The number of carbonyl (C=O) groups excluding carboxylic acids is 2. The molecule has 0 amide bonds. The summed E-state index contributed by atoms with van der Waals surface area (Å²) in [5.41, 5.74) is 11.2. The van der Waals surface area contributed by atoms with Crippen LogP contribution in [0.1, 0.15) is 38.5 Å². The lowest BCUT2D eigenvalue weighted by Crippen LogP contribution is -2.18. The Morgan fingerprint density at radius 1 is 0.773 bits per heavy atom. The van der Waals surface area contributed by atoms with Gasteiger partial charge in [0.2, 0.25) is 0 Å². The van der Waals surface area contributed by atoms with Crippen molar-refractivity contribution in [2.24, 2.45) is 23.3 Å². The summed E-state index contributed by atoms with van der Waals surface area (Å²) in [6.07, 6.45) is 5.31. The third-order valence-corrected chi connectivity index (χ3v) is 4.02. The fraction of sp³-hybridized carbons (Fsp3) is 0.857. The largest absolute Gasteiger partial charge is 0.469 e. The molecule has 0 aromatic rings. The predicted octanol–water partition coefficient (Wildman–Crippen LogP) is 1.42. The van der Waals surface area contributed by atoms with Gasteiger partial charge in [-0.2, -0.15) is 0 Å². The lowest BCUT2D eigenvalue weighted by Gasteiger charge is -2.04. The monoisotopic (exact) mass is 358 g/mol. The van der Waals surface area contributed by atoms with Crippen molar-refractivity contribution in [3.8, 4) is 0 Å². The normalized spacial score (nSPS) is 29.3. The molecule has 0 aliphatic heterocycles. The second kappa shape index (κ2) is 11.9. The summed E-state index contributed by atoms with van der Waals surface area (Å²) in [6, 6.07) is 0.424. The molecule has 0 radical (unpaired) electrons. The third kappa shape index (κ3) is 7.63. The molecule has 2 fully saturated rings. The van der Waals surface area contributed by atoms with Gasteiger partial charge in [0.25, 0.3) is 0 Å². The van der Waals surface area contributed by atoms with Crippen LogP contribution in [0.4, 0.5) is 0 Å². The van der Waals surface area contributed by atoms with Crippen molar-refractivity contribution < 1.29 is 19.1 Å². The summed E-state index contributed by atoms with van der Waals surface area (Å²) in [6.45, 7) is 0. The van der Waals surface area contributed by atoms with Gasteiger partial charge in [0.1, 0.15) is 0 Å². The van der Waals surface area contributed by atoms with Gasteiger partial charge in [-0.25, -0.2) is 0 Å². The van der Waals surface area contributed by atoms with Crippen LogP contribution in [0, 0.1) is 11.8 Å². The van der Waals surface area contributed by atoms with E-state index in [2.05, 4.69) is 9.47 Å². The zero-order chi connectivity index (χ0) is 15.1. The molecule has 2 aliphatic carbocycles. The van der Waals surface area contributed by atoms with Gasteiger partial charge < -0.3 is 20.9 Å². The first-order chi connectivity index (χ1) is 9.47. The Labute approximate surface area is 144 Å². The minimum absolute atomic E-state index is 0. The second-order valence-electron chi connectivity index (χ2n) is 5.59. The molecule has 0 spiro atoms. The molecule has 132 valence electrons. The molecule has 0 unspecified atom stereocenters. The Morgan fingerprint density at radius 2 is 1.09 bits per heavy atom. The van der Waals surface area contributed by atoms with Crippen LogP contribution >= 0.6 is 24.8 Å². The highest BCUT2D eigenvalue weighted by Crippen LogP contribution is 2.25. The van der Waals surface area contributed by atoms with Gasteiger partial charge in [-0.15, -0.1) is 24.8 Å². The van der Waals surface area contributed by atoms with Crippen molar-refractivity contribution in [3.63, 3.8) is 0 Å². The number of carbonyl (C=O) groups is 2. The lowest BCUT2D eigenvalue weighted by molar-refractivity contribution is -0.146. The third-order valence-electron chi connectivity index (χ3n) is 4.02. The van der Waals surface area contributed by atoms with Gasteiger partial charge in [0.05, 0.1) is 26.1 Å². The molecule has 8 heteroatoms. The summed E-state index contributed by atoms with van der Waals surface area (Å²) < 4.78 is 9.18. The van der Waals surface area contributed by atoms with E-state index in [1.807, 2.05) is 0 Å². The average Bonchev–Trinajstić information content (AvgIpc) is 3.06. The van der Waals surface area contributed by atoms with Crippen LogP contribution in [0.2, 0.25) is 0 Å². The summed E-state index contributed by atoms with van der Waals surface area (Å²) in [4.78, 5) is 21.8. The molecule has 2 aliphatic rings. The molecule has 4 N–H and O–H groups in total. The van der Waals surface area contributed by atoms with Crippen LogP contribution in [0.3, 0.4) is 0 Å². The average molecular weight is 359 g/mol. The zero-order valence-corrected chi connectivity index (χ0v) is 14.8. The van der Waals surface area contributed by atoms with Crippen LogP contribution in [-0.4, -0.2) is 38.2 Å². The van der Waals surface area contributed by atoms with Gasteiger partial charge in [-0.1, -0.05) is 0 Å². The van der Waals surface area contributed by atoms with E-state index in [1.54, 1.807) is 0 Å². The van der Waals surface area contributed by atoms with E-state index < -0.39 is 0 Å². The van der Waals surface area contributed by atoms with E-state index in [1.165, 1.54) is 14.2 Å². The Balaban J connectivity index is 0. The molecule has 0 aromatic carbocycles. The van der Waals surface area contributed by atoms with Crippen molar-refractivity contribution in [1.29, 1.82) is 0 Å². The molecule has 4 atom stereocenters. The fourth-order valence-corrected chi connectivity index (χ4v) is 2.79. The second-order valence-corrected chi connectivity index (χ2v) is 5.59. The smallest absolute Gasteiger partial charge is 0.308 e. The van der Waals surface area contributed by atoms with E-state index in [0.717, 1.165) is 38.5 Å². The molecule has 2 rings (SSSR count). The van der Waals surface area contributed by atoms with Gasteiger partial charge in [-0.3, -0.25) is 9.59 Å². The summed E-state index contributed by atoms with van der Waals surface area (Å²) in [7, 11) is 2.85. The predicted molar refractivity (Wildman–Crippen MR) is 89.2 cm³/mol. The van der Waals surface area contributed by atoms with E-state index in [9.17, 15) is 9.59 Å². The highest BCUT2D eigenvalue weighted by Gasteiger charge is 2.28. The molecule has 0 aromatic heterocycles. The number of hydrogen-bond acceptors (Lipinski definition) is 6. The number of nitrogens with two attached hydrogens (primary N) is 2. The van der Waals surface area contributed by atoms with E-state index in [0.29, 0.717) is 0 Å². The van der Waals surface area contributed by atoms with E-state index >= 15 is 0 Å². The SMILES string of the molecule is COC(=O)[C@@H]1CC[C@H](N)C1.COC(=O)[C@H]1CC[C@@H](N)C1.Cl.Cl. The van der Waals surface area contributed by atoms with Gasteiger partial charge in [-0.05, 0) is 38.5 Å². The maximum absolute atomic E-state index is 10.9. The van der Waals surface area contributed by atoms with Crippen molar-refractivity contribution in [2.75, 3.05) is 14.2 Å². The van der Waals surface area contributed by atoms with Crippen LogP contribution in [0.25, 0.3) is 0 Å². The zero-order valence-electron chi connectivity index (χ0n) is 13.2. The summed E-state index contributed by atoms with van der Waals surface area (Å²) >= 11 is 0. The van der Waals surface area contributed by atoms with Crippen LogP contribution < -0.4 is 11.5 Å². The van der Waals surface area contributed by atoms with Gasteiger partial charge in [0.15, 0.2) is 0 Å². The molecular weight excluding hydrogens is 331 g/mol. The van der Waals surface area contributed by atoms with Gasteiger partial charge in [0, 0.05) is 12.1 Å². The quantitative estimate of drug-likeness (QED) is 0.723. The van der Waals surface area contributed by atoms with Crippen molar-refractivity contribution in [1.82, 2.24) is 0 Å². The number of methoxy groups -OCH3 is 2. The molecule has 0 heterocycles. The Morgan fingerprint density at radius 3 is 1.27 bits per heavy atom.